The summed E-state index contributed by atoms with van der Waals surface area (Å²) in [6.07, 6.45) is 0. The fourth-order valence-electron chi connectivity index (χ4n) is 2.76. The van der Waals surface area contributed by atoms with Crippen LogP contribution >= 0.6 is 0 Å². The molecule has 1 aromatic heterocycles. The minimum Gasteiger partial charge on any atom is -0.497 e. The van der Waals surface area contributed by atoms with Crippen LogP contribution in [0.1, 0.15) is 21.6 Å². The maximum absolute atomic E-state index is 12.9. The molecule has 0 saturated carbocycles. The third-order valence-corrected chi connectivity index (χ3v) is 3.94. The van der Waals surface area contributed by atoms with Gasteiger partial charge in [0.05, 0.1) is 19.2 Å². The fourth-order valence-corrected chi connectivity index (χ4v) is 2.76. The number of fused-ring (bicyclic) bond motifs is 1. The second kappa shape index (κ2) is 5.66. The normalized spacial score (nSPS) is 10.9. The minimum atomic E-state index is -0.115. The van der Waals surface area contributed by atoms with Crippen molar-refractivity contribution in [1.82, 2.24) is 4.57 Å². The van der Waals surface area contributed by atoms with E-state index in [9.17, 15) is 9.90 Å². The first-order valence-corrected chi connectivity index (χ1v) is 7.06. The molecule has 4 heteroatoms. The lowest BCUT2D eigenvalue weighted by Gasteiger charge is -2.08. The summed E-state index contributed by atoms with van der Waals surface area (Å²) in [6, 6.07) is 14.6. The lowest BCUT2D eigenvalue weighted by Crippen LogP contribution is -2.13. The van der Waals surface area contributed by atoms with Gasteiger partial charge in [0.25, 0.3) is 5.91 Å². The number of aromatic nitrogens is 1. The zero-order valence-electron chi connectivity index (χ0n) is 12.5. The number of hydrogen-bond donors (Lipinski definition) is 1. The van der Waals surface area contributed by atoms with E-state index in [1.54, 1.807) is 35.9 Å². The van der Waals surface area contributed by atoms with Crippen molar-refractivity contribution in [2.24, 2.45) is 0 Å². The first-order chi connectivity index (χ1) is 10.7. The molecular weight excluding hydrogens is 278 g/mol. The number of para-hydroxylation sites is 1. The van der Waals surface area contributed by atoms with Crippen molar-refractivity contribution in [2.75, 3.05) is 7.11 Å². The van der Waals surface area contributed by atoms with Crippen LogP contribution in [0.15, 0.2) is 48.5 Å². The number of rotatable bonds is 3. The fraction of sp³-hybridized carbons (Fsp3) is 0.167. The van der Waals surface area contributed by atoms with Gasteiger partial charge in [-0.2, -0.15) is 0 Å². The van der Waals surface area contributed by atoms with E-state index in [-0.39, 0.29) is 12.5 Å². The van der Waals surface area contributed by atoms with E-state index < -0.39 is 0 Å². The van der Waals surface area contributed by atoms with E-state index in [1.165, 1.54) is 0 Å². The van der Waals surface area contributed by atoms with Crippen LogP contribution in [0.2, 0.25) is 0 Å². The number of methoxy groups -OCH3 is 1. The van der Waals surface area contributed by atoms with Gasteiger partial charge in [-0.1, -0.05) is 18.2 Å². The summed E-state index contributed by atoms with van der Waals surface area (Å²) in [7, 11) is 1.59. The summed E-state index contributed by atoms with van der Waals surface area (Å²) >= 11 is 0. The lowest BCUT2D eigenvalue weighted by molar-refractivity contribution is 0.0962. The standard InChI is InChI=1S/C18H17NO3/c1-12-16(11-20)15-5-3-4-6-17(15)19(12)18(21)13-7-9-14(22-2)10-8-13/h3-10,20H,11H2,1-2H3. The summed E-state index contributed by atoms with van der Waals surface area (Å²) in [5.41, 5.74) is 2.95. The molecule has 1 N–H and O–H groups in total. The van der Waals surface area contributed by atoms with Crippen LogP contribution in [0.5, 0.6) is 5.75 Å². The maximum atomic E-state index is 12.9. The maximum Gasteiger partial charge on any atom is 0.262 e. The largest absolute Gasteiger partial charge is 0.497 e. The second-order valence-electron chi connectivity index (χ2n) is 5.11. The van der Waals surface area contributed by atoms with Crippen molar-refractivity contribution in [3.63, 3.8) is 0 Å². The highest BCUT2D eigenvalue weighted by Gasteiger charge is 2.18. The molecule has 0 atom stereocenters. The first-order valence-electron chi connectivity index (χ1n) is 7.06. The van der Waals surface area contributed by atoms with Crippen molar-refractivity contribution in [3.05, 3.63) is 65.4 Å². The van der Waals surface area contributed by atoms with E-state index in [1.807, 2.05) is 31.2 Å². The molecule has 0 saturated heterocycles. The molecule has 0 bridgehead atoms. The topological polar surface area (TPSA) is 51.5 Å². The quantitative estimate of drug-likeness (QED) is 0.807. The SMILES string of the molecule is COc1ccc(C(=O)n2c(C)c(CO)c3ccccc32)cc1. The highest BCUT2D eigenvalue weighted by Crippen LogP contribution is 2.27. The highest BCUT2D eigenvalue weighted by atomic mass is 16.5. The van der Waals surface area contributed by atoms with Gasteiger partial charge in [0.1, 0.15) is 5.75 Å². The van der Waals surface area contributed by atoms with Crippen LogP contribution in [0.25, 0.3) is 10.9 Å². The number of carbonyl (C=O) groups excluding carboxylic acids is 1. The van der Waals surface area contributed by atoms with Crippen molar-refractivity contribution in [3.8, 4) is 5.75 Å². The Bertz CT molecular complexity index is 831. The summed E-state index contributed by atoms with van der Waals surface area (Å²) < 4.78 is 6.77. The molecule has 3 rings (SSSR count). The summed E-state index contributed by atoms with van der Waals surface area (Å²) in [5.74, 6) is 0.595. The molecule has 22 heavy (non-hydrogen) atoms. The van der Waals surface area contributed by atoms with E-state index in [2.05, 4.69) is 0 Å². The van der Waals surface area contributed by atoms with Gasteiger partial charge in [0.15, 0.2) is 0 Å². The molecule has 3 aromatic rings. The number of nitrogens with zero attached hydrogens (tertiary/aromatic N) is 1. The Morgan fingerprint density at radius 3 is 2.45 bits per heavy atom. The van der Waals surface area contributed by atoms with Gasteiger partial charge in [-0.15, -0.1) is 0 Å². The van der Waals surface area contributed by atoms with Gasteiger partial charge in [-0.3, -0.25) is 9.36 Å². The van der Waals surface area contributed by atoms with E-state index >= 15 is 0 Å². The molecule has 2 aromatic carbocycles. The predicted molar refractivity (Wildman–Crippen MR) is 85.3 cm³/mol. The van der Waals surface area contributed by atoms with Gasteiger partial charge in [-0.05, 0) is 37.3 Å². The summed E-state index contributed by atoms with van der Waals surface area (Å²) in [6.45, 7) is 1.77. The van der Waals surface area contributed by atoms with E-state index in [4.69, 9.17) is 4.74 Å². The molecule has 112 valence electrons. The first kappa shape index (κ1) is 14.4. The van der Waals surface area contributed by atoms with Crippen LogP contribution in [-0.4, -0.2) is 22.7 Å². The van der Waals surface area contributed by atoms with Crippen molar-refractivity contribution in [1.29, 1.82) is 0 Å². The molecule has 0 radical (unpaired) electrons. The average molecular weight is 295 g/mol. The zero-order chi connectivity index (χ0) is 15.7. The molecule has 0 spiro atoms. The van der Waals surface area contributed by atoms with Crippen molar-refractivity contribution < 1.29 is 14.6 Å². The van der Waals surface area contributed by atoms with Crippen molar-refractivity contribution in [2.45, 2.75) is 13.5 Å². The molecular formula is C18H17NO3. The van der Waals surface area contributed by atoms with Gasteiger partial charge in [-0.25, -0.2) is 0 Å². The van der Waals surface area contributed by atoms with Gasteiger partial charge in [0, 0.05) is 22.2 Å². The molecule has 0 amide bonds. The van der Waals surface area contributed by atoms with Crippen LogP contribution in [0.3, 0.4) is 0 Å². The minimum absolute atomic E-state index is 0.0881. The Hall–Kier alpha value is -2.59. The number of hydrogen-bond acceptors (Lipinski definition) is 3. The number of carbonyl (C=O) groups is 1. The molecule has 1 heterocycles. The Morgan fingerprint density at radius 2 is 1.82 bits per heavy atom. The zero-order valence-corrected chi connectivity index (χ0v) is 12.5. The summed E-state index contributed by atoms with van der Waals surface area (Å²) in [4.78, 5) is 12.9. The van der Waals surface area contributed by atoms with Crippen LogP contribution in [-0.2, 0) is 6.61 Å². The van der Waals surface area contributed by atoms with Gasteiger partial charge >= 0.3 is 0 Å². The van der Waals surface area contributed by atoms with E-state index in [0.717, 1.165) is 22.2 Å². The second-order valence-corrected chi connectivity index (χ2v) is 5.11. The highest BCUT2D eigenvalue weighted by molar-refractivity contribution is 6.04. The smallest absolute Gasteiger partial charge is 0.262 e. The van der Waals surface area contributed by atoms with E-state index in [0.29, 0.717) is 11.3 Å². The van der Waals surface area contributed by atoms with Crippen LogP contribution in [0, 0.1) is 6.92 Å². The molecule has 4 nitrogen and oxygen atoms in total. The third kappa shape index (κ3) is 2.18. The molecule has 0 aliphatic carbocycles. The average Bonchev–Trinajstić information content (AvgIpc) is 2.85. The number of aliphatic hydroxyl groups is 1. The Kier molecular flexibility index (Phi) is 3.69. The third-order valence-electron chi connectivity index (χ3n) is 3.94. The number of aliphatic hydroxyl groups excluding tert-OH is 1. The Morgan fingerprint density at radius 1 is 1.14 bits per heavy atom. The van der Waals surface area contributed by atoms with Gasteiger partial charge < -0.3 is 9.84 Å². The predicted octanol–water partition coefficient (Wildman–Crippen LogP) is 3.14. The Labute approximate surface area is 128 Å². The molecule has 0 aliphatic heterocycles. The monoisotopic (exact) mass is 295 g/mol. The van der Waals surface area contributed by atoms with Crippen LogP contribution in [0.4, 0.5) is 0 Å². The lowest BCUT2D eigenvalue weighted by atomic mass is 10.1. The number of ether oxygens (including phenoxy) is 1. The van der Waals surface area contributed by atoms with Crippen LogP contribution < -0.4 is 4.74 Å². The number of benzene rings is 2. The summed E-state index contributed by atoms with van der Waals surface area (Å²) in [5, 5.41) is 10.5. The van der Waals surface area contributed by atoms with Gasteiger partial charge in [0.2, 0.25) is 0 Å². The molecule has 0 unspecified atom stereocenters. The van der Waals surface area contributed by atoms with Crippen molar-refractivity contribution >= 4 is 16.8 Å². The molecule has 0 fully saturated rings. The molecule has 0 aliphatic rings. The Balaban J connectivity index is 2.16.